The Labute approximate surface area is 127 Å². The van der Waals surface area contributed by atoms with E-state index in [9.17, 15) is 0 Å². The molecule has 1 aromatic heterocycles. The highest BCUT2D eigenvalue weighted by Crippen LogP contribution is 2.36. The van der Waals surface area contributed by atoms with Crippen molar-refractivity contribution in [1.29, 1.82) is 0 Å². The maximum absolute atomic E-state index is 5.13. The average Bonchev–Trinajstić information content (AvgIpc) is 3.23. The minimum atomic E-state index is 0.556. The number of nitrogens with one attached hydrogen (secondary N) is 1. The van der Waals surface area contributed by atoms with Crippen LogP contribution in [0.15, 0.2) is 12.4 Å². The van der Waals surface area contributed by atoms with E-state index < -0.39 is 0 Å². The van der Waals surface area contributed by atoms with Gasteiger partial charge < -0.3 is 15.0 Å². The van der Waals surface area contributed by atoms with Crippen LogP contribution in [-0.4, -0.2) is 48.7 Å². The van der Waals surface area contributed by atoms with E-state index in [2.05, 4.69) is 35.4 Å². The topological polar surface area (TPSA) is 42.3 Å². The first-order chi connectivity index (χ1) is 10.2. The zero-order chi connectivity index (χ0) is 14.8. The Hall–Kier alpha value is -1.07. The highest BCUT2D eigenvalue weighted by atomic mass is 16.5. The molecule has 2 aliphatic rings. The van der Waals surface area contributed by atoms with Crippen LogP contribution in [-0.2, 0) is 11.3 Å². The summed E-state index contributed by atoms with van der Waals surface area (Å²) in [7, 11) is 1.73. The average molecular weight is 292 g/mol. The molecule has 3 rings (SSSR count). The van der Waals surface area contributed by atoms with Crippen LogP contribution < -0.4 is 10.2 Å². The van der Waals surface area contributed by atoms with Crippen molar-refractivity contribution in [3.8, 4) is 0 Å². The van der Waals surface area contributed by atoms with Crippen LogP contribution in [0, 0.1) is 11.8 Å². The quantitative estimate of drug-likeness (QED) is 0.867. The van der Waals surface area contributed by atoms with E-state index in [0.717, 1.165) is 25.6 Å². The number of anilines is 1. The molecule has 0 bridgehead atoms. The van der Waals surface area contributed by atoms with Gasteiger partial charge in [0.05, 0.1) is 25.0 Å². The number of hydrogen-bond donors (Lipinski definition) is 1. The number of ether oxygens (including phenoxy) is 1. The van der Waals surface area contributed by atoms with Gasteiger partial charge in [-0.2, -0.15) is 5.10 Å². The Balaban J connectivity index is 1.72. The van der Waals surface area contributed by atoms with Gasteiger partial charge in [0.1, 0.15) is 0 Å². The van der Waals surface area contributed by atoms with Crippen LogP contribution in [0.3, 0.4) is 0 Å². The summed E-state index contributed by atoms with van der Waals surface area (Å²) in [6, 6.07) is 1.21. The van der Waals surface area contributed by atoms with Crippen molar-refractivity contribution in [1.82, 2.24) is 15.1 Å². The molecule has 0 radical (unpaired) electrons. The van der Waals surface area contributed by atoms with Crippen LogP contribution in [0.2, 0.25) is 0 Å². The highest BCUT2D eigenvalue weighted by molar-refractivity contribution is 5.45. The van der Waals surface area contributed by atoms with Crippen molar-refractivity contribution in [3.05, 3.63) is 12.4 Å². The maximum atomic E-state index is 5.13. The van der Waals surface area contributed by atoms with Gasteiger partial charge >= 0.3 is 0 Å². The van der Waals surface area contributed by atoms with E-state index in [-0.39, 0.29) is 0 Å². The first-order valence-electron chi connectivity index (χ1n) is 8.20. The van der Waals surface area contributed by atoms with E-state index in [1.165, 1.54) is 18.5 Å². The fourth-order valence-electron chi connectivity index (χ4n) is 3.31. The van der Waals surface area contributed by atoms with Gasteiger partial charge in [0.2, 0.25) is 0 Å². The van der Waals surface area contributed by atoms with Crippen molar-refractivity contribution < 1.29 is 4.74 Å². The summed E-state index contributed by atoms with van der Waals surface area (Å²) >= 11 is 0. The van der Waals surface area contributed by atoms with Crippen molar-refractivity contribution in [2.45, 2.75) is 45.3 Å². The van der Waals surface area contributed by atoms with Crippen LogP contribution in [0.5, 0.6) is 0 Å². The highest BCUT2D eigenvalue weighted by Gasteiger charge is 2.38. The van der Waals surface area contributed by atoms with E-state index in [4.69, 9.17) is 4.74 Å². The van der Waals surface area contributed by atoms with Gasteiger partial charge in [-0.05, 0) is 24.7 Å². The number of hydrogen-bond acceptors (Lipinski definition) is 4. The molecule has 1 aliphatic carbocycles. The minimum Gasteiger partial charge on any atom is -0.383 e. The van der Waals surface area contributed by atoms with E-state index in [1.54, 1.807) is 7.11 Å². The molecule has 1 aromatic rings. The molecule has 5 nitrogen and oxygen atoms in total. The Bertz CT molecular complexity index is 455. The SMILES string of the molecule is COCCn1cc(N2CC(C3CC3)NCC2C(C)C)cn1. The number of rotatable bonds is 6. The monoisotopic (exact) mass is 292 g/mol. The Morgan fingerprint density at radius 2 is 2.24 bits per heavy atom. The summed E-state index contributed by atoms with van der Waals surface area (Å²) in [6.07, 6.45) is 6.97. The van der Waals surface area contributed by atoms with E-state index in [0.29, 0.717) is 24.6 Å². The van der Waals surface area contributed by atoms with Crippen LogP contribution in [0.1, 0.15) is 26.7 Å². The molecule has 2 fully saturated rings. The molecule has 2 unspecified atom stereocenters. The summed E-state index contributed by atoms with van der Waals surface area (Å²) in [5.41, 5.74) is 1.26. The fourth-order valence-corrected chi connectivity index (χ4v) is 3.31. The zero-order valence-corrected chi connectivity index (χ0v) is 13.5. The first-order valence-corrected chi connectivity index (χ1v) is 8.20. The lowest BCUT2D eigenvalue weighted by molar-refractivity contribution is 0.183. The lowest BCUT2D eigenvalue weighted by Crippen LogP contribution is -2.59. The second-order valence-electron chi connectivity index (χ2n) is 6.77. The van der Waals surface area contributed by atoms with Gasteiger partial charge in [-0.25, -0.2) is 0 Å². The predicted octanol–water partition coefficient (Wildman–Crippen LogP) is 1.74. The molecular weight excluding hydrogens is 264 g/mol. The number of piperazine rings is 1. The Kier molecular flexibility index (Phi) is 4.50. The minimum absolute atomic E-state index is 0.556. The molecule has 5 heteroatoms. The van der Waals surface area contributed by atoms with Crippen LogP contribution in [0.25, 0.3) is 0 Å². The number of aromatic nitrogens is 2. The lowest BCUT2D eigenvalue weighted by atomic mass is 9.96. The molecule has 1 aliphatic heterocycles. The number of nitrogens with zero attached hydrogens (tertiary/aromatic N) is 3. The maximum Gasteiger partial charge on any atom is 0.0756 e. The van der Waals surface area contributed by atoms with Gasteiger partial charge in [0, 0.05) is 38.5 Å². The third kappa shape index (κ3) is 3.40. The van der Waals surface area contributed by atoms with E-state index in [1.807, 2.05) is 10.9 Å². The van der Waals surface area contributed by atoms with Gasteiger partial charge in [-0.15, -0.1) is 0 Å². The summed E-state index contributed by atoms with van der Waals surface area (Å²) in [5.74, 6) is 1.53. The molecule has 2 heterocycles. The second kappa shape index (κ2) is 6.36. The molecule has 0 aromatic carbocycles. The molecule has 1 saturated carbocycles. The van der Waals surface area contributed by atoms with Gasteiger partial charge in [0.15, 0.2) is 0 Å². The predicted molar refractivity (Wildman–Crippen MR) is 84.6 cm³/mol. The largest absolute Gasteiger partial charge is 0.383 e. The summed E-state index contributed by atoms with van der Waals surface area (Å²) in [5, 5.41) is 8.25. The standard InChI is InChI=1S/C16H28N4O/c1-12(2)16-9-17-15(13-4-5-13)11-20(16)14-8-18-19(10-14)6-7-21-3/h8,10,12-13,15-17H,4-7,9,11H2,1-3H3. The van der Waals surface area contributed by atoms with Gasteiger partial charge in [0.25, 0.3) is 0 Å². The van der Waals surface area contributed by atoms with Crippen LogP contribution >= 0.6 is 0 Å². The molecule has 21 heavy (non-hydrogen) atoms. The first kappa shape index (κ1) is 14.9. The zero-order valence-electron chi connectivity index (χ0n) is 13.5. The third-order valence-electron chi connectivity index (χ3n) is 4.82. The molecule has 1 saturated heterocycles. The Morgan fingerprint density at radius 3 is 2.90 bits per heavy atom. The number of methoxy groups -OCH3 is 1. The van der Waals surface area contributed by atoms with Crippen molar-refractivity contribution in [2.24, 2.45) is 11.8 Å². The van der Waals surface area contributed by atoms with Crippen LogP contribution in [0.4, 0.5) is 5.69 Å². The smallest absolute Gasteiger partial charge is 0.0756 e. The molecular formula is C16H28N4O. The molecule has 1 N–H and O–H groups in total. The summed E-state index contributed by atoms with van der Waals surface area (Å²) < 4.78 is 7.12. The molecule has 0 amide bonds. The fraction of sp³-hybridized carbons (Fsp3) is 0.812. The van der Waals surface area contributed by atoms with Crippen molar-refractivity contribution in [3.63, 3.8) is 0 Å². The van der Waals surface area contributed by atoms with Crippen molar-refractivity contribution >= 4 is 5.69 Å². The summed E-state index contributed by atoms with van der Waals surface area (Å²) in [6.45, 7) is 8.35. The molecule has 118 valence electrons. The van der Waals surface area contributed by atoms with Gasteiger partial charge in [-0.1, -0.05) is 13.8 Å². The lowest BCUT2D eigenvalue weighted by Gasteiger charge is -2.43. The molecule has 2 atom stereocenters. The molecule has 0 spiro atoms. The van der Waals surface area contributed by atoms with Crippen molar-refractivity contribution in [2.75, 3.05) is 31.7 Å². The second-order valence-corrected chi connectivity index (χ2v) is 6.77. The third-order valence-corrected chi connectivity index (χ3v) is 4.82. The Morgan fingerprint density at radius 1 is 1.43 bits per heavy atom. The normalized spacial score (nSPS) is 26.6. The summed E-state index contributed by atoms with van der Waals surface area (Å²) in [4.78, 5) is 2.57. The van der Waals surface area contributed by atoms with E-state index >= 15 is 0 Å². The van der Waals surface area contributed by atoms with Gasteiger partial charge in [-0.3, -0.25) is 4.68 Å².